The fourth-order valence-electron chi connectivity index (χ4n) is 3.82. The number of rotatable bonds is 7. The first-order chi connectivity index (χ1) is 15.6. The normalized spacial score (nSPS) is 15.3. The van der Waals surface area contributed by atoms with Gasteiger partial charge in [-0.1, -0.05) is 18.2 Å². The number of methoxy groups -OCH3 is 4. The minimum Gasteiger partial charge on any atom is -0.493 e. The van der Waals surface area contributed by atoms with E-state index in [2.05, 4.69) is 0 Å². The van der Waals surface area contributed by atoms with Crippen LogP contribution in [0.4, 0.5) is 0 Å². The zero-order valence-corrected chi connectivity index (χ0v) is 19.1. The van der Waals surface area contributed by atoms with Gasteiger partial charge < -0.3 is 18.9 Å². The van der Waals surface area contributed by atoms with Crippen molar-refractivity contribution in [2.24, 2.45) is 5.10 Å². The van der Waals surface area contributed by atoms with E-state index in [0.717, 1.165) is 16.8 Å². The van der Waals surface area contributed by atoms with E-state index < -0.39 is 0 Å². The molecule has 32 heavy (non-hydrogen) atoms. The largest absolute Gasteiger partial charge is 0.493 e. The van der Waals surface area contributed by atoms with Gasteiger partial charge in [0.25, 0.3) is 5.91 Å². The van der Waals surface area contributed by atoms with Crippen LogP contribution < -0.4 is 18.9 Å². The molecular weight excluding hydrogens is 428 g/mol. The number of hydrogen-bond acceptors (Lipinski definition) is 7. The van der Waals surface area contributed by atoms with E-state index in [4.69, 9.17) is 24.0 Å². The van der Waals surface area contributed by atoms with Gasteiger partial charge in [0.15, 0.2) is 23.0 Å². The van der Waals surface area contributed by atoms with Crippen LogP contribution >= 0.6 is 11.3 Å². The minimum absolute atomic E-state index is 0.162. The molecule has 0 fully saturated rings. The Balaban J connectivity index is 1.79. The Morgan fingerprint density at radius 3 is 2.38 bits per heavy atom. The first kappa shape index (κ1) is 21.7. The fraction of sp³-hybridized carbons (Fsp3) is 0.250. The molecule has 0 saturated heterocycles. The van der Waals surface area contributed by atoms with Crippen LogP contribution in [-0.4, -0.2) is 45.1 Å². The van der Waals surface area contributed by atoms with Crippen molar-refractivity contribution in [1.82, 2.24) is 5.01 Å². The first-order valence-corrected chi connectivity index (χ1v) is 10.9. The van der Waals surface area contributed by atoms with Crippen molar-refractivity contribution in [3.63, 3.8) is 0 Å². The van der Waals surface area contributed by atoms with Gasteiger partial charge in [-0.15, -0.1) is 11.3 Å². The maximum Gasteiger partial charge on any atom is 0.284 e. The lowest BCUT2D eigenvalue weighted by Crippen LogP contribution is -2.26. The summed E-state index contributed by atoms with van der Waals surface area (Å²) in [7, 11) is 6.38. The van der Waals surface area contributed by atoms with Crippen molar-refractivity contribution in [2.75, 3.05) is 28.4 Å². The quantitative estimate of drug-likeness (QED) is 0.516. The van der Waals surface area contributed by atoms with Gasteiger partial charge >= 0.3 is 0 Å². The van der Waals surface area contributed by atoms with Gasteiger partial charge in [0, 0.05) is 17.5 Å². The highest BCUT2D eigenvalue weighted by molar-refractivity contribution is 7.12. The summed E-state index contributed by atoms with van der Waals surface area (Å²) in [4.78, 5) is 14.0. The number of carbonyl (C=O) groups excluding carboxylic acids is 1. The molecule has 1 amide bonds. The standard InChI is InChI=1S/C24H24N2O5S/c1-28-19-11-10-15(13-21(19)30-3)17-14-18(16-7-5-8-20(29-2)23(16)31-4)26(25-17)24(27)22-9-6-12-32-22/h5-13,18H,14H2,1-4H3/t18-/m1/s1. The molecule has 4 rings (SSSR count). The summed E-state index contributed by atoms with van der Waals surface area (Å²) in [5, 5.41) is 8.16. The smallest absolute Gasteiger partial charge is 0.284 e. The molecule has 0 aliphatic carbocycles. The van der Waals surface area contributed by atoms with Crippen LogP contribution in [0.15, 0.2) is 59.0 Å². The number of ether oxygens (including phenoxy) is 4. The van der Waals surface area contributed by atoms with Crippen molar-refractivity contribution in [1.29, 1.82) is 0 Å². The molecular formula is C24H24N2O5S. The Labute approximate surface area is 190 Å². The van der Waals surface area contributed by atoms with Gasteiger partial charge in [0.2, 0.25) is 0 Å². The second kappa shape index (κ2) is 9.32. The van der Waals surface area contributed by atoms with Crippen LogP contribution in [0.1, 0.15) is 33.3 Å². The molecule has 0 N–H and O–H groups in total. The maximum atomic E-state index is 13.4. The monoisotopic (exact) mass is 452 g/mol. The highest BCUT2D eigenvalue weighted by Gasteiger charge is 2.36. The topological polar surface area (TPSA) is 69.6 Å². The highest BCUT2D eigenvalue weighted by atomic mass is 32.1. The summed E-state index contributed by atoms with van der Waals surface area (Å²) >= 11 is 1.39. The Bertz CT molecular complexity index is 1140. The predicted molar refractivity (Wildman–Crippen MR) is 123 cm³/mol. The maximum absolute atomic E-state index is 13.4. The third-order valence-electron chi connectivity index (χ3n) is 5.36. The average molecular weight is 453 g/mol. The van der Waals surface area contributed by atoms with E-state index in [1.807, 2.05) is 47.8 Å². The van der Waals surface area contributed by atoms with Crippen molar-refractivity contribution in [2.45, 2.75) is 12.5 Å². The van der Waals surface area contributed by atoms with Crippen LogP contribution in [0.25, 0.3) is 0 Å². The number of nitrogens with zero attached hydrogens (tertiary/aromatic N) is 2. The van der Waals surface area contributed by atoms with Crippen LogP contribution in [-0.2, 0) is 0 Å². The summed E-state index contributed by atoms with van der Waals surface area (Å²) in [6.45, 7) is 0. The first-order valence-electron chi connectivity index (χ1n) is 9.99. The molecule has 0 spiro atoms. The Morgan fingerprint density at radius 1 is 0.938 bits per heavy atom. The molecule has 7 nitrogen and oxygen atoms in total. The Hall–Kier alpha value is -3.52. The number of hydrazone groups is 1. The number of para-hydroxylation sites is 1. The van der Waals surface area contributed by atoms with Crippen molar-refractivity contribution in [3.05, 3.63) is 69.9 Å². The predicted octanol–water partition coefficient (Wildman–Crippen LogP) is 4.77. The summed E-state index contributed by atoms with van der Waals surface area (Å²) in [6, 6.07) is 14.6. The highest BCUT2D eigenvalue weighted by Crippen LogP contribution is 2.43. The molecule has 8 heteroatoms. The molecule has 0 bridgehead atoms. The molecule has 2 heterocycles. The van der Waals surface area contributed by atoms with Gasteiger partial charge in [-0.05, 0) is 35.7 Å². The van der Waals surface area contributed by atoms with Gasteiger partial charge in [0.05, 0.1) is 45.1 Å². The zero-order chi connectivity index (χ0) is 22.7. The lowest BCUT2D eigenvalue weighted by molar-refractivity contribution is 0.0714. The lowest BCUT2D eigenvalue weighted by atomic mass is 9.97. The van der Waals surface area contributed by atoms with Crippen molar-refractivity contribution < 1.29 is 23.7 Å². The average Bonchev–Trinajstić information content (AvgIpc) is 3.53. The number of carbonyl (C=O) groups is 1. The van der Waals surface area contributed by atoms with Gasteiger partial charge in [-0.3, -0.25) is 4.79 Å². The molecule has 1 aromatic heterocycles. The molecule has 0 saturated carbocycles. The van der Waals surface area contributed by atoms with E-state index >= 15 is 0 Å². The van der Waals surface area contributed by atoms with Crippen molar-refractivity contribution in [3.8, 4) is 23.0 Å². The number of amides is 1. The minimum atomic E-state index is -0.349. The number of thiophene rings is 1. The summed E-state index contributed by atoms with van der Waals surface area (Å²) < 4.78 is 21.9. The molecule has 0 unspecified atom stereocenters. The number of hydrogen-bond donors (Lipinski definition) is 0. The van der Waals surface area contributed by atoms with E-state index in [0.29, 0.717) is 34.3 Å². The molecule has 166 valence electrons. The summed E-state index contributed by atoms with van der Waals surface area (Å²) in [5.74, 6) is 2.27. The Kier molecular flexibility index (Phi) is 6.32. The van der Waals surface area contributed by atoms with Crippen LogP contribution in [0.3, 0.4) is 0 Å². The lowest BCUT2D eigenvalue weighted by Gasteiger charge is -2.24. The summed E-state index contributed by atoms with van der Waals surface area (Å²) in [5.41, 5.74) is 2.46. The van der Waals surface area contributed by atoms with Crippen LogP contribution in [0, 0.1) is 0 Å². The molecule has 1 aliphatic rings. The van der Waals surface area contributed by atoms with Crippen LogP contribution in [0.2, 0.25) is 0 Å². The molecule has 2 aromatic carbocycles. The third kappa shape index (κ3) is 3.89. The third-order valence-corrected chi connectivity index (χ3v) is 6.22. The van der Waals surface area contributed by atoms with Gasteiger partial charge in [0.1, 0.15) is 0 Å². The van der Waals surface area contributed by atoms with Crippen molar-refractivity contribution >= 4 is 23.0 Å². The van der Waals surface area contributed by atoms with E-state index in [-0.39, 0.29) is 11.9 Å². The molecule has 1 atom stereocenters. The SMILES string of the molecule is COc1ccc(C2=NN(C(=O)c3cccs3)[C@@H](c3cccc(OC)c3OC)C2)cc1OC. The molecule has 3 aromatic rings. The summed E-state index contributed by atoms with van der Waals surface area (Å²) in [6.07, 6.45) is 0.510. The second-order valence-electron chi connectivity index (χ2n) is 7.05. The molecule has 0 radical (unpaired) electrons. The molecule has 1 aliphatic heterocycles. The van der Waals surface area contributed by atoms with Gasteiger partial charge in [-0.2, -0.15) is 5.10 Å². The van der Waals surface area contributed by atoms with E-state index in [1.165, 1.54) is 16.3 Å². The Morgan fingerprint density at radius 2 is 1.72 bits per heavy atom. The van der Waals surface area contributed by atoms with E-state index in [1.54, 1.807) is 34.5 Å². The second-order valence-corrected chi connectivity index (χ2v) is 7.99. The fourth-order valence-corrected chi connectivity index (χ4v) is 4.47. The number of benzene rings is 2. The van der Waals surface area contributed by atoms with E-state index in [9.17, 15) is 4.79 Å². The zero-order valence-electron chi connectivity index (χ0n) is 18.3. The van der Waals surface area contributed by atoms with Crippen LogP contribution in [0.5, 0.6) is 23.0 Å². The van der Waals surface area contributed by atoms with Gasteiger partial charge in [-0.25, -0.2) is 5.01 Å².